The summed E-state index contributed by atoms with van der Waals surface area (Å²) in [5.41, 5.74) is 2.96. The first-order valence-electron chi connectivity index (χ1n) is 13.5. The third kappa shape index (κ3) is 5.49. The first-order valence-corrected chi connectivity index (χ1v) is 14.3. The van der Waals surface area contributed by atoms with Gasteiger partial charge in [-0.2, -0.15) is 0 Å². The maximum atomic E-state index is 13.7. The highest BCUT2D eigenvalue weighted by Crippen LogP contribution is 2.33. The van der Waals surface area contributed by atoms with Gasteiger partial charge in [0, 0.05) is 35.3 Å². The minimum atomic E-state index is -0.535. The molecule has 1 saturated heterocycles. The molecular formula is C29H27Cl2N7O3. The number of nitrogens with zero attached hydrogens (tertiary/aromatic N) is 6. The number of aromatic nitrogens is 5. The normalized spacial score (nSPS) is 19.6. The number of rotatable bonds is 3. The van der Waals surface area contributed by atoms with Gasteiger partial charge in [-0.15, -0.1) is 5.10 Å². The van der Waals surface area contributed by atoms with E-state index in [0.29, 0.717) is 53.5 Å². The summed E-state index contributed by atoms with van der Waals surface area (Å²) in [4.78, 5) is 45.6. The van der Waals surface area contributed by atoms with Crippen LogP contribution in [0.15, 0.2) is 65.8 Å². The average Bonchev–Trinajstić information content (AvgIpc) is 3.58. The first kappa shape index (κ1) is 27.2. The van der Waals surface area contributed by atoms with Crippen LogP contribution in [0.25, 0.3) is 16.9 Å². The zero-order valence-corrected chi connectivity index (χ0v) is 23.6. The number of hydrogen-bond acceptors (Lipinski definition) is 6. The first-order chi connectivity index (χ1) is 19.9. The van der Waals surface area contributed by atoms with E-state index in [1.165, 1.54) is 10.7 Å². The van der Waals surface area contributed by atoms with Gasteiger partial charge in [0.2, 0.25) is 11.8 Å². The van der Waals surface area contributed by atoms with E-state index in [1.807, 2.05) is 24.3 Å². The molecule has 4 heterocycles. The summed E-state index contributed by atoms with van der Waals surface area (Å²) in [6.45, 7) is 0.550. The zero-order valence-electron chi connectivity index (χ0n) is 22.0. The molecule has 0 aliphatic carbocycles. The minimum Gasteiger partial charge on any atom is -0.354 e. The van der Waals surface area contributed by atoms with E-state index in [1.54, 1.807) is 40.2 Å². The van der Waals surface area contributed by atoms with Crippen LogP contribution in [0, 0.1) is 0 Å². The second-order valence-corrected chi connectivity index (χ2v) is 11.1. The quantitative estimate of drug-likeness (QED) is 0.373. The summed E-state index contributed by atoms with van der Waals surface area (Å²) in [5.74, 6) is -0.204. The average molecular weight is 592 g/mol. The Hall–Kier alpha value is -4.02. The van der Waals surface area contributed by atoms with E-state index >= 15 is 0 Å². The topological polar surface area (TPSA) is 115 Å². The molecule has 4 aromatic rings. The number of fused-ring (bicyclic) bond motifs is 4. The molecule has 1 fully saturated rings. The maximum absolute atomic E-state index is 13.7. The van der Waals surface area contributed by atoms with Gasteiger partial charge in [-0.05, 0) is 55.2 Å². The van der Waals surface area contributed by atoms with Crippen LogP contribution in [0.3, 0.4) is 0 Å². The van der Waals surface area contributed by atoms with Crippen molar-refractivity contribution in [3.63, 3.8) is 0 Å². The van der Waals surface area contributed by atoms with Crippen molar-refractivity contribution in [1.82, 2.24) is 29.9 Å². The molecule has 0 radical (unpaired) electrons. The fourth-order valence-electron chi connectivity index (χ4n) is 5.64. The molecule has 10 nitrogen and oxygen atoms in total. The Bertz CT molecular complexity index is 1680. The van der Waals surface area contributed by atoms with Crippen LogP contribution in [-0.2, 0) is 9.59 Å². The zero-order chi connectivity index (χ0) is 28.5. The van der Waals surface area contributed by atoms with Gasteiger partial charge >= 0.3 is 0 Å². The second kappa shape index (κ2) is 11.5. The van der Waals surface area contributed by atoms with E-state index in [4.69, 9.17) is 23.2 Å². The fourth-order valence-corrected chi connectivity index (χ4v) is 5.94. The van der Waals surface area contributed by atoms with E-state index in [0.717, 1.165) is 24.8 Å². The van der Waals surface area contributed by atoms with Gasteiger partial charge in [0.05, 0.1) is 29.9 Å². The molecule has 0 unspecified atom stereocenters. The molecular weight excluding hydrogens is 565 g/mol. The van der Waals surface area contributed by atoms with Crippen LogP contribution in [0.1, 0.15) is 50.1 Å². The highest BCUT2D eigenvalue weighted by Gasteiger charge is 2.37. The Kier molecular flexibility index (Phi) is 7.59. The van der Waals surface area contributed by atoms with Gasteiger partial charge in [-0.25, -0.2) is 9.67 Å². The number of amides is 2. The smallest absolute Gasteiger partial charge is 0.254 e. The molecule has 210 valence electrons. The molecule has 2 atom stereocenters. The van der Waals surface area contributed by atoms with Crippen LogP contribution in [0.4, 0.5) is 5.69 Å². The van der Waals surface area contributed by atoms with Crippen molar-refractivity contribution < 1.29 is 9.59 Å². The largest absolute Gasteiger partial charge is 0.354 e. The predicted octanol–water partition coefficient (Wildman–Crippen LogP) is 4.57. The monoisotopic (exact) mass is 591 g/mol. The van der Waals surface area contributed by atoms with Crippen LogP contribution in [0.5, 0.6) is 0 Å². The molecule has 2 amide bonds. The van der Waals surface area contributed by atoms with E-state index in [2.05, 4.69) is 20.6 Å². The van der Waals surface area contributed by atoms with E-state index < -0.39 is 6.04 Å². The van der Waals surface area contributed by atoms with E-state index in [-0.39, 0.29) is 28.6 Å². The molecule has 2 bridgehead atoms. The van der Waals surface area contributed by atoms with Crippen LogP contribution < -0.4 is 15.8 Å². The molecule has 0 spiro atoms. The molecule has 1 N–H and O–H groups in total. The van der Waals surface area contributed by atoms with Crippen molar-refractivity contribution in [3.8, 4) is 16.9 Å². The van der Waals surface area contributed by atoms with Crippen molar-refractivity contribution in [2.75, 3.05) is 11.4 Å². The Morgan fingerprint density at radius 2 is 1.80 bits per heavy atom. The molecule has 0 saturated carbocycles. The Balaban J connectivity index is 1.40. The van der Waals surface area contributed by atoms with Crippen molar-refractivity contribution in [2.24, 2.45) is 0 Å². The molecule has 2 aromatic heterocycles. The van der Waals surface area contributed by atoms with Crippen LogP contribution in [0.2, 0.25) is 10.2 Å². The minimum absolute atomic E-state index is 0.0806. The number of anilines is 1. The number of carbonyl (C=O) groups is 2. The number of hydrogen-bond donors (Lipinski definition) is 1. The third-order valence-corrected chi connectivity index (χ3v) is 8.03. The Labute approximate surface area is 245 Å². The third-order valence-electron chi connectivity index (χ3n) is 7.62. The highest BCUT2D eigenvalue weighted by molar-refractivity contribution is 6.31. The molecule has 41 heavy (non-hydrogen) atoms. The van der Waals surface area contributed by atoms with Gasteiger partial charge in [-0.1, -0.05) is 53.4 Å². The summed E-state index contributed by atoms with van der Waals surface area (Å²) < 4.78 is 3.14. The maximum Gasteiger partial charge on any atom is 0.254 e. The molecule has 6 rings (SSSR count). The lowest BCUT2D eigenvalue weighted by Crippen LogP contribution is -2.45. The SMILES string of the molecule is O=C1NCCCCC[C@H](n2cnc(-c3cc(Cl)ccc3-n3cc(Cl)nn3)cc2=O)c2cccc(c2)N2C(=O)CC[C@H]12. The lowest BCUT2D eigenvalue weighted by atomic mass is 9.99. The number of carbonyl (C=O) groups excluding carboxylic acids is 2. The summed E-state index contributed by atoms with van der Waals surface area (Å²) in [6.07, 6.45) is 7.16. The van der Waals surface area contributed by atoms with Gasteiger partial charge in [0.15, 0.2) is 5.15 Å². The number of nitrogens with one attached hydrogen (secondary N) is 1. The van der Waals surface area contributed by atoms with Gasteiger partial charge in [0.25, 0.3) is 5.56 Å². The summed E-state index contributed by atoms with van der Waals surface area (Å²) in [6, 6.07) is 13.4. The number of halogens is 2. The standard InChI is InChI=1S/C29H27Cl2N7O3/c30-19-8-9-24(37-16-26(31)34-35-37)21(14-19)22-15-28(40)36(17-33-22)23-7-2-1-3-12-32-29(41)25-10-11-27(39)38(25)20-6-4-5-18(23)13-20/h4-6,8-9,13-17,23,25H,1-3,7,10-12H2,(H,32,41)/t23-,25+/m0/s1. The highest BCUT2D eigenvalue weighted by atomic mass is 35.5. The lowest BCUT2D eigenvalue weighted by Gasteiger charge is -2.26. The molecule has 2 aromatic carbocycles. The fraction of sp³-hybridized carbons (Fsp3) is 0.310. The number of benzene rings is 2. The molecule has 2 aliphatic heterocycles. The van der Waals surface area contributed by atoms with Crippen molar-refractivity contribution in [2.45, 2.75) is 50.6 Å². The molecule has 12 heteroatoms. The van der Waals surface area contributed by atoms with Crippen LogP contribution >= 0.6 is 23.2 Å². The lowest BCUT2D eigenvalue weighted by molar-refractivity contribution is -0.123. The summed E-state index contributed by atoms with van der Waals surface area (Å²) in [5, 5.41) is 11.6. The summed E-state index contributed by atoms with van der Waals surface area (Å²) >= 11 is 12.3. The summed E-state index contributed by atoms with van der Waals surface area (Å²) in [7, 11) is 0. The van der Waals surface area contributed by atoms with E-state index in [9.17, 15) is 14.4 Å². The Morgan fingerprint density at radius 3 is 2.61 bits per heavy atom. The second-order valence-electron chi connectivity index (χ2n) is 10.2. The van der Waals surface area contributed by atoms with Crippen LogP contribution in [-0.4, -0.2) is 48.9 Å². The van der Waals surface area contributed by atoms with Gasteiger partial charge in [0.1, 0.15) is 6.04 Å². The van der Waals surface area contributed by atoms with Crippen molar-refractivity contribution >= 4 is 40.7 Å². The Morgan fingerprint density at radius 1 is 0.927 bits per heavy atom. The molecule has 2 aliphatic rings. The van der Waals surface area contributed by atoms with Crippen molar-refractivity contribution in [1.29, 1.82) is 0 Å². The predicted molar refractivity (Wildman–Crippen MR) is 155 cm³/mol. The van der Waals surface area contributed by atoms with Crippen molar-refractivity contribution in [3.05, 3.63) is 87.1 Å². The van der Waals surface area contributed by atoms with Gasteiger partial charge in [-0.3, -0.25) is 23.9 Å². The van der Waals surface area contributed by atoms with Gasteiger partial charge < -0.3 is 5.32 Å².